The van der Waals surface area contributed by atoms with E-state index in [1.807, 2.05) is 18.2 Å². The van der Waals surface area contributed by atoms with Crippen LogP contribution < -0.4 is 5.32 Å². The molecule has 8 heteroatoms. The Morgan fingerprint density at radius 1 is 1.11 bits per heavy atom. The predicted octanol–water partition coefficient (Wildman–Crippen LogP) is 2.89. The van der Waals surface area contributed by atoms with Crippen LogP contribution in [0.2, 0.25) is 0 Å². The third kappa shape index (κ3) is 4.45. The normalized spacial score (nSPS) is 17.2. The second-order valence-electron chi connectivity index (χ2n) is 6.69. The zero-order chi connectivity index (χ0) is 18.7. The minimum absolute atomic E-state index is 0.282. The van der Waals surface area contributed by atoms with Crippen LogP contribution in [0.1, 0.15) is 6.42 Å². The van der Waals surface area contributed by atoms with Crippen LogP contribution in [0.15, 0.2) is 42.7 Å². The first-order chi connectivity index (χ1) is 13.1. The van der Waals surface area contributed by atoms with Crippen LogP contribution in [0.5, 0.6) is 0 Å². The fourth-order valence-electron chi connectivity index (χ4n) is 3.22. The van der Waals surface area contributed by atoms with E-state index in [0.29, 0.717) is 13.1 Å². The summed E-state index contributed by atoms with van der Waals surface area (Å²) in [7, 11) is -2.81. The maximum Gasteiger partial charge on any atom is 0.152 e. The molecule has 0 bridgehead atoms. The van der Waals surface area contributed by atoms with E-state index in [-0.39, 0.29) is 11.5 Å². The van der Waals surface area contributed by atoms with Crippen molar-refractivity contribution in [2.75, 3.05) is 43.0 Å². The Bertz CT molecular complexity index is 1000. The molecule has 1 saturated heterocycles. The molecule has 1 aliphatic rings. The molecule has 0 aliphatic carbocycles. The monoisotopic (exact) mass is 402 g/mol. The molecular weight excluding hydrogens is 380 g/mol. The number of nitrogens with zero attached hydrogens (tertiary/aromatic N) is 3. The van der Waals surface area contributed by atoms with Crippen molar-refractivity contribution in [1.82, 2.24) is 14.9 Å². The molecule has 4 rings (SSSR count). The Hall–Kier alpha value is -2.03. The molecule has 0 radical (unpaired) electrons. The summed E-state index contributed by atoms with van der Waals surface area (Å²) in [5, 5.41) is 4.47. The van der Waals surface area contributed by atoms with E-state index in [0.717, 1.165) is 35.5 Å². The van der Waals surface area contributed by atoms with Crippen molar-refractivity contribution in [2.45, 2.75) is 6.42 Å². The van der Waals surface area contributed by atoms with Crippen LogP contribution in [0, 0.1) is 0 Å². The molecule has 3 heterocycles. The van der Waals surface area contributed by atoms with Crippen LogP contribution in [0.25, 0.3) is 20.7 Å². The lowest BCUT2D eigenvalue weighted by Crippen LogP contribution is -2.41. The Morgan fingerprint density at radius 2 is 1.89 bits per heavy atom. The zero-order valence-corrected chi connectivity index (χ0v) is 16.6. The number of thiophene rings is 1. The molecule has 3 aromatic rings. The van der Waals surface area contributed by atoms with Crippen molar-refractivity contribution in [3.63, 3.8) is 0 Å². The van der Waals surface area contributed by atoms with Gasteiger partial charge in [0.05, 0.1) is 16.9 Å². The quantitative estimate of drug-likeness (QED) is 0.639. The number of nitrogens with one attached hydrogen (secondary N) is 1. The first-order valence-electron chi connectivity index (χ1n) is 9.07. The smallest absolute Gasteiger partial charge is 0.152 e. The standard InChI is InChI=1S/C19H22N4O2S2/c24-27(25)11-9-23(10-12-27)8-4-7-20-18-16-13-17(15-5-2-1-3-6-15)26-19(16)22-14-21-18/h1-3,5-6,13-14H,4,7-12H2,(H,20,21,22). The molecule has 1 N–H and O–H groups in total. The van der Waals surface area contributed by atoms with E-state index in [1.165, 1.54) is 10.4 Å². The summed E-state index contributed by atoms with van der Waals surface area (Å²) in [5.74, 6) is 1.42. The van der Waals surface area contributed by atoms with E-state index in [1.54, 1.807) is 17.7 Å². The van der Waals surface area contributed by atoms with Gasteiger partial charge >= 0.3 is 0 Å². The van der Waals surface area contributed by atoms with Gasteiger partial charge in [-0.3, -0.25) is 0 Å². The number of hydrogen-bond donors (Lipinski definition) is 1. The highest BCUT2D eigenvalue weighted by Crippen LogP contribution is 2.34. The van der Waals surface area contributed by atoms with Crippen molar-refractivity contribution in [3.05, 3.63) is 42.7 Å². The van der Waals surface area contributed by atoms with Crippen LogP contribution in [-0.4, -0.2) is 61.0 Å². The molecule has 142 valence electrons. The van der Waals surface area contributed by atoms with Crippen LogP contribution in [0.3, 0.4) is 0 Å². The van der Waals surface area contributed by atoms with Crippen LogP contribution in [-0.2, 0) is 9.84 Å². The second kappa shape index (κ2) is 7.92. The Kier molecular flexibility index (Phi) is 5.38. The maximum absolute atomic E-state index is 11.5. The van der Waals surface area contributed by atoms with E-state index in [9.17, 15) is 8.42 Å². The number of hydrogen-bond acceptors (Lipinski definition) is 7. The topological polar surface area (TPSA) is 75.2 Å². The average Bonchev–Trinajstić information content (AvgIpc) is 3.12. The van der Waals surface area contributed by atoms with E-state index >= 15 is 0 Å². The molecule has 1 fully saturated rings. The summed E-state index contributed by atoms with van der Waals surface area (Å²) in [6.07, 6.45) is 2.55. The fraction of sp³-hybridized carbons (Fsp3) is 0.368. The van der Waals surface area contributed by atoms with Gasteiger partial charge in [0.1, 0.15) is 17.0 Å². The van der Waals surface area contributed by atoms with Gasteiger partial charge in [-0.1, -0.05) is 30.3 Å². The Labute approximate surface area is 163 Å². The average molecular weight is 403 g/mol. The lowest BCUT2D eigenvalue weighted by Gasteiger charge is -2.26. The Morgan fingerprint density at radius 3 is 2.67 bits per heavy atom. The number of benzene rings is 1. The number of sulfone groups is 1. The predicted molar refractivity (Wildman–Crippen MR) is 111 cm³/mol. The summed E-state index contributed by atoms with van der Waals surface area (Å²) in [4.78, 5) is 13.2. The van der Waals surface area contributed by atoms with Crippen molar-refractivity contribution >= 4 is 37.2 Å². The lowest BCUT2D eigenvalue weighted by molar-refractivity contribution is 0.294. The molecule has 6 nitrogen and oxygen atoms in total. The third-order valence-electron chi connectivity index (χ3n) is 4.77. The molecule has 1 aliphatic heterocycles. The number of aromatic nitrogens is 2. The number of fused-ring (bicyclic) bond motifs is 1. The van der Waals surface area contributed by atoms with Crippen molar-refractivity contribution < 1.29 is 8.42 Å². The third-order valence-corrected chi connectivity index (χ3v) is 7.47. The first kappa shape index (κ1) is 18.3. The summed E-state index contributed by atoms with van der Waals surface area (Å²) in [6.45, 7) is 2.98. The number of anilines is 1. The molecule has 0 spiro atoms. The highest BCUT2D eigenvalue weighted by molar-refractivity contribution is 7.91. The Balaban J connectivity index is 1.37. The first-order valence-corrected chi connectivity index (χ1v) is 11.7. The summed E-state index contributed by atoms with van der Waals surface area (Å²) in [5.41, 5.74) is 1.19. The van der Waals surface area contributed by atoms with Gasteiger partial charge in [-0.15, -0.1) is 11.3 Å². The van der Waals surface area contributed by atoms with Gasteiger partial charge in [0.25, 0.3) is 0 Å². The van der Waals surface area contributed by atoms with Gasteiger partial charge in [-0.2, -0.15) is 0 Å². The van der Waals surface area contributed by atoms with Gasteiger partial charge in [0.15, 0.2) is 9.84 Å². The van der Waals surface area contributed by atoms with Crippen LogP contribution in [0.4, 0.5) is 5.82 Å². The highest BCUT2D eigenvalue weighted by atomic mass is 32.2. The largest absolute Gasteiger partial charge is 0.369 e. The molecule has 0 unspecified atom stereocenters. The fourth-order valence-corrected chi connectivity index (χ4v) is 5.51. The van der Waals surface area contributed by atoms with Crippen molar-refractivity contribution in [3.8, 4) is 10.4 Å². The second-order valence-corrected chi connectivity index (χ2v) is 10.0. The van der Waals surface area contributed by atoms with Crippen molar-refractivity contribution in [1.29, 1.82) is 0 Å². The molecule has 27 heavy (non-hydrogen) atoms. The van der Waals surface area contributed by atoms with Gasteiger partial charge < -0.3 is 10.2 Å². The van der Waals surface area contributed by atoms with Gasteiger partial charge in [-0.25, -0.2) is 18.4 Å². The minimum atomic E-state index is -2.81. The van der Waals surface area contributed by atoms with Gasteiger partial charge in [0.2, 0.25) is 0 Å². The molecule has 0 amide bonds. The van der Waals surface area contributed by atoms with Crippen molar-refractivity contribution in [2.24, 2.45) is 0 Å². The summed E-state index contributed by atoms with van der Waals surface area (Å²) in [6, 6.07) is 12.4. The molecule has 0 atom stereocenters. The van der Waals surface area contributed by atoms with E-state index in [2.05, 4.69) is 38.4 Å². The summed E-state index contributed by atoms with van der Waals surface area (Å²) < 4.78 is 23.0. The SMILES string of the molecule is O=S1(=O)CCN(CCCNc2ncnc3sc(-c4ccccc4)cc23)CC1. The highest BCUT2D eigenvalue weighted by Gasteiger charge is 2.20. The van der Waals surface area contributed by atoms with E-state index in [4.69, 9.17) is 0 Å². The summed E-state index contributed by atoms with van der Waals surface area (Å²) >= 11 is 1.67. The maximum atomic E-state index is 11.5. The van der Waals surface area contributed by atoms with Gasteiger partial charge in [-0.05, 0) is 24.6 Å². The minimum Gasteiger partial charge on any atom is -0.369 e. The molecular formula is C19H22N4O2S2. The number of rotatable bonds is 6. The molecule has 2 aromatic heterocycles. The van der Waals surface area contributed by atoms with E-state index < -0.39 is 9.84 Å². The molecule has 0 saturated carbocycles. The zero-order valence-electron chi connectivity index (χ0n) is 15.0. The van der Waals surface area contributed by atoms with Crippen LogP contribution >= 0.6 is 11.3 Å². The van der Waals surface area contributed by atoms with Gasteiger partial charge in [0, 0.05) is 24.5 Å². The lowest BCUT2D eigenvalue weighted by atomic mass is 10.2. The molecule has 1 aromatic carbocycles.